The summed E-state index contributed by atoms with van der Waals surface area (Å²) >= 11 is 0. The SMILES string of the molecule is CCOc1ccc(C=CC(=O)N2CC[NH+](C)CC2)cc1OC. The molecule has 2 rings (SSSR count). The van der Waals surface area contributed by atoms with Crippen LogP contribution in [0.4, 0.5) is 0 Å². The molecular weight excluding hydrogens is 280 g/mol. The summed E-state index contributed by atoms with van der Waals surface area (Å²) in [6, 6.07) is 5.67. The van der Waals surface area contributed by atoms with Gasteiger partial charge >= 0.3 is 0 Å². The number of carbonyl (C=O) groups excluding carboxylic acids is 1. The second kappa shape index (κ2) is 7.84. The molecule has 1 N–H and O–H groups in total. The van der Waals surface area contributed by atoms with Crippen molar-refractivity contribution in [1.29, 1.82) is 0 Å². The van der Waals surface area contributed by atoms with Crippen LogP contribution >= 0.6 is 0 Å². The van der Waals surface area contributed by atoms with Gasteiger partial charge in [0.1, 0.15) is 0 Å². The Labute approximate surface area is 132 Å². The molecule has 1 fully saturated rings. The van der Waals surface area contributed by atoms with Crippen LogP contribution < -0.4 is 14.4 Å². The number of quaternary nitrogens is 1. The van der Waals surface area contributed by atoms with Gasteiger partial charge in [0.25, 0.3) is 0 Å². The van der Waals surface area contributed by atoms with Gasteiger partial charge in [-0.05, 0) is 30.7 Å². The molecule has 22 heavy (non-hydrogen) atoms. The number of hydrogen-bond donors (Lipinski definition) is 1. The van der Waals surface area contributed by atoms with Crippen molar-refractivity contribution in [3.8, 4) is 11.5 Å². The average Bonchev–Trinajstić information content (AvgIpc) is 2.54. The van der Waals surface area contributed by atoms with E-state index >= 15 is 0 Å². The fraction of sp³-hybridized carbons (Fsp3) is 0.471. The zero-order valence-electron chi connectivity index (χ0n) is 13.6. The number of ether oxygens (including phenoxy) is 2. The smallest absolute Gasteiger partial charge is 0.246 e. The van der Waals surface area contributed by atoms with Crippen LogP contribution in [0.2, 0.25) is 0 Å². The summed E-state index contributed by atoms with van der Waals surface area (Å²) in [5, 5.41) is 0. The summed E-state index contributed by atoms with van der Waals surface area (Å²) in [6.45, 7) is 6.19. The van der Waals surface area contributed by atoms with Gasteiger partial charge in [0.05, 0.1) is 46.9 Å². The number of piperazine rings is 1. The van der Waals surface area contributed by atoms with Gasteiger partial charge < -0.3 is 19.3 Å². The topological polar surface area (TPSA) is 43.2 Å². The Morgan fingerprint density at radius 1 is 1.32 bits per heavy atom. The molecule has 5 heteroatoms. The molecule has 0 aromatic heterocycles. The first-order valence-electron chi connectivity index (χ1n) is 7.73. The van der Waals surface area contributed by atoms with Gasteiger partial charge in [-0.15, -0.1) is 0 Å². The minimum absolute atomic E-state index is 0.0698. The summed E-state index contributed by atoms with van der Waals surface area (Å²) in [6.07, 6.45) is 3.46. The number of benzene rings is 1. The van der Waals surface area contributed by atoms with Crippen molar-refractivity contribution in [3.05, 3.63) is 29.8 Å². The molecule has 1 amide bonds. The molecule has 0 spiro atoms. The Morgan fingerprint density at radius 3 is 2.68 bits per heavy atom. The van der Waals surface area contributed by atoms with Crippen molar-refractivity contribution in [2.45, 2.75) is 6.92 Å². The second-order valence-corrected chi connectivity index (χ2v) is 5.46. The molecular formula is C17H25N2O3+. The number of hydrogen-bond acceptors (Lipinski definition) is 3. The number of rotatable bonds is 5. The van der Waals surface area contributed by atoms with Crippen LogP contribution in [0.25, 0.3) is 6.08 Å². The van der Waals surface area contributed by atoms with E-state index in [1.807, 2.05) is 36.1 Å². The number of carbonyl (C=O) groups is 1. The molecule has 0 unspecified atom stereocenters. The summed E-state index contributed by atoms with van der Waals surface area (Å²) in [7, 11) is 3.77. The Hall–Kier alpha value is -2.01. The average molecular weight is 305 g/mol. The van der Waals surface area contributed by atoms with Gasteiger partial charge in [0.2, 0.25) is 5.91 Å². The molecule has 0 radical (unpaired) electrons. The van der Waals surface area contributed by atoms with Crippen LogP contribution in [-0.4, -0.2) is 57.8 Å². The number of nitrogens with one attached hydrogen (secondary N) is 1. The van der Waals surface area contributed by atoms with Gasteiger partial charge in [0, 0.05) is 6.08 Å². The summed E-state index contributed by atoms with van der Waals surface area (Å²) in [4.78, 5) is 15.6. The largest absolute Gasteiger partial charge is 0.493 e. The van der Waals surface area contributed by atoms with E-state index in [0.717, 1.165) is 37.5 Å². The Balaban J connectivity index is 2.01. The predicted octanol–water partition coefficient (Wildman–Crippen LogP) is 0.464. The van der Waals surface area contributed by atoms with E-state index in [0.29, 0.717) is 12.4 Å². The standard InChI is InChI=1S/C17H24N2O3/c1-4-22-15-7-5-14(13-16(15)21-3)6-8-17(20)19-11-9-18(2)10-12-19/h5-8,13H,4,9-12H2,1-3H3/p+1. The fourth-order valence-corrected chi connectivity index (χ4v) is 2.44. The fourth-order valence-electron chi connectivity index (χ4n) is 2.44. The van der Waals surface area contributed by atoms with Crippen molar-refractivity contribution < 1.29 is 19.2 Å². The molecule has 1 saturated heterocycles. The maximum absolute atomic E-state index is 12.2. The molecule has 1 aromatic carbocycles. The number of amides is 1. The molecule has 0 saturated carbocycles. The molecule has 1 aromatic rings. The van der Waals surface area contributed by atoms with Crippen LogP contribution in [0.5, 0.6) is 11.5 Å². The highest BCUT2D eigenvalue weighted by Crippen LogP contribution is 2.28. The summed E-state index contributed by atoms with van der Waals surface area (Å²) < 4.78 is 10.8. The quantitative estimate of drug-likeness (QED) is 0.804. The van der Waals surface area contributed by atoms with Gasteiger partial charge in [-0.2, -0.15) is 0 Å². The first-order valence-corrected chi connectivity index (χ1v) is 7.73. The van der Waals surface area contributed by atoms with Crippen molar-refractivity contribution >= 4 is 12.0 Å². The first kappa shape index (κ1) is 16.4. The third-order valence-electron chi connectivity index (χ3n) is 3.83. The number of methoxy groups -OCH3 is 1. The summed E-state index contributed by atoms with van der Waals surface area (Å²) in [5.41, 5.74) is 0.924. The van der Waals surface area contributed by atoms with Gasteiger partial charge in [0.15, 0.2) is 11.5 Å². The first-order chi connectivity index (χ1) is 10.6. The van der Waals surface area contributed by atoms with Crippen LogP contribution in [0, 0.1) is 0 Å². The highest BCUT2D eigenvalue weighted by molar-refractivity contribution is 5.91. The molecule has 5 nitrogen and oxygen atoms in total. The lowest BCUT2D eigenvalue weighted by Gasteiger charge is -2.29. The van der Waals surface area contributed by atoms with Crippen LogP contribution in [0.15, 0.2) is 24.3 Å². The number of nitrogens with zero attached hydrogens (tertiary/aromatic N) is 1. The third kappa shape index (κ3) is 4.24. The van der Waals surface area contributed by atoms with E-state index < -0.39 is 0 Å². The molecule has 120 valence electrons. The number of likely N-dealkylation sites (N-methyl/N-ethyl adjacent to an activating group) is 1. The van der Waals surface area contributed by atoms with E-state index in [2.05, 4.69) is 7.05 Å². The monoisotopic (exact) mass is 305 g/mol. The van der Waals surface area contributed by atoms with Gasteiger partial charge in [-0.3, -0.25) is 4.79 Å². The Bertz CT molecular complexity index is 535. The lowest BCUT2D eigenvalue weighted by molar-refractivity contribution is -0.883. The van der Waals surface area contributed by atoms with E-state index in [-0.39, 0.29) is 5.91 Å². The second-order valence-electron chi connectivity index (χ2n) is 5.46. The zero-order valence-corrected chi connectivity index (χ0v) is 13.6. The van der Waals surface area contributed by atoms with Gasteiger partial charge in [-0.1, -0.05) is 6.07 Å². The Morgan fingerprint density at radius 2 is 2.05 bits per heavy atom. The highest BCUT2D eigenvalue weighted by Gasteiger charge is 2.19. The maximum Gasteiger partial charge on any atom is 0.246 e. The normalized spacial score (nSPS) is 16.0. The Kier molecular flexibility index (Phi) is 5.83. The zero-order chi connectivity index (χ0) is 15.9. The van der Waals surface area contributed by atoms with Crippen molar-refractivity contribution in [2.75, 3.05) is 46.9 Å². The lowest BCUT2D eigenvalue weighted by atomic mass is 10.2. The molecule has 1 aliphatic rings. The lowest BCUT2D eigenvalue weighted by Crippen LogP contribution is -3.12. The molecule has 1 aliphatic heterocycles. The highest BCUT2D eigenvalue weighted by atomic mass is 16.5. The van der Waals surface area contributed by atoms with E-state index in [1.54, 1.807) is 13.2 Å². The van der Waals surface area contributed by atoms with Crippen molar-refractivity contribution in [1.82, 2.24) is 4.90 Å². The van der Waals surface area contributed by atoms with Crippen molar-refractivity contribution in [2.24, 2.45) is 0 Å². The van der Waals surface area contributed by atoms with Crippen molar-refractivity contribution in [3.63, 3.8) is 0 Å². The third-order valence-corrected chi connectivity index (χ3v) is 3.83. The van der Waals surface area contributed by atoms with Gasteiger partial charge in [-0.25, -0.2) is 0 Å². The predicted molar refractivity (Wildman–Crippen MR) is 86.4 cm³/mol. The molecule has 0 atom stereocenters. The molecule has 1 heterocycles. The minimum atomic E-state index is 0.0698. The van der Waals surface area contributed by atoms with Crippen LogP contribution in [0.1, 0.15) is 12.5 Å². The van der Waals surface area contributed by atoms with E-state index in [9.17, 15) is 4.79 Å². The van der Waals surface area contributed by atoms with Crippen LogP contribution in [-0.2, 0) is 4.79 Å². The summed E-state index contributed by atoms with van der Waals surface area (Å²) in [5.74, 6) is 1.47. The van der Waals surface area contributed by atoms with Crippen LogP contribution in [0.3, 0.4) is 0 Å². The maximum atomic E-state index is 12.2. The molecule has 0 aliphatic carbocycles. The molecule has 0 bridgehead atoms. The minimum Gasteiger partial charge on any atom is -0.493 e. The van der Waals surface area contributed by atoms with E-state index in [4.69, 9.17) is 9.47 Å². The van der Waals surface area contributed by atoms with E-state index in [1.165, 1.54) is 4.90 Å².